The quantitative estimate of drug-likeness (QED) is 0.156. The Morgan fingerprint density at radius 1 is 0.943 bits per heavy atom. The molecule has 1 aliphatic rings. The molecule has 35 heavy (non-hydrogen) atoms. The number of allylic oxidation sites excluding steroid dienone is 1. The van der Waals surface area contributed by atoms with Gasteiger partial charge in [-0.3, -0.25) is 9.59 Å². The molecule has 23 heteroatoms. The van der Waals surface area contributed by atoms with Gasteiger partial charge in [0, 0.05) is 18.8 Å². The zero-order valence-electron chi connectivity index (χ0n) is 18.2. The minimum Gasteiger partial charge on any atom is -0.741 e. The van der Waals surface area contributed by atoms with E-state index in [1.807, 2.05) is 6.92 Å². The molecular formula is C12H29F6N5O9OsS2. The van der Waals surface area contributed by atoms with Crippen LogP contribution >= 0.6 is 0 Å². The number of halogens is 6. The van der Waals surface area contributed by atoms with Crippen LogP contribution in [0.3, 0.4) is 0 Å². The van der Waals surface area contributed by atoms with Crippen molar-refractivity contribution in [3.05, 3.63) is 12.3 Å². The molecule has 1 unspecified atom stereocenters. The molecule has 0 amide bonds. The van der Waals surface area contributed by atoms with E-state index in [1.165, 1.54) is 0 Å². The molecule has 0 aromatic carbocycles. The molecule has 0 fully saturated rings. The number of carbonyl (C=O) groups excluding carboxylic acids is 2. The average molecular weight is 756 g/mol. The summed E-state index contributed by atoms with van der Waals surface area (Å²) in [6, 6.07) is 0. The van der Waals surface area contributed by atoms with Gasteiger partial charge in [-0.1, -0.05) is 6.92 Å². The summed E-state index contributed by atoms with van der Waals surface area (Å²) in [5, 5.41) is 0. The average Bonchev–Trinajstić information content (AvgIpc) is 2.51. The summed E-state index contributed by atoms with van der Waals surface area (Å²) >= 11 is 0. The van der Waals surface area contributed by atoms with E-state index in [1.54, 1.807) is 12.3 Å². The number of alkyl halides is 6. The Morgan fingerprint density at radius 3 is 1.49 bits per heavy atom. The number of Topliss-reactive ketones (excluding diaryl/α,β-unsaturated/α-hetero) is 2. The van der Waals surface area contributed by atoms with E-state index in [2.05, 4.69) is 0 Å². The normalized spacial score (nSPS) is 14.3. The van der Waals surface area contributed by atoms with E-state index < -0.39 is 31.3 Å². The van der Waals surface area contributed by atoms with Crippen molar-refractivity contribution < 1.29 is 86.4 Å². The molecule has 14 nitrogen and oxygen atoms in total. The molecule has 0 saturated carbocycles. The van der Waals surface area contributed by atoms with Crippen molar-refractivity contribution in [2.45, 2.75) is 37.2 Å². The summed E-state index contributed by atoms with van der Waals surface area (Å²) in [5.41, 5.74) is -11.3. The molecule has 1 atom stereocenters. The fourth-order valence-corrected chi connectivity index (χ4v) is 1.25. The van der Waals surface area contributed by atoms with Crippen molar-refractivity contribution in [1.82, 2.24) is 30.8 Å². The second-order valence-electron chi connectivity index (χ2n) is 4.94. The Labute approximate surface area is 211 Å². The Balaban J connectivity index is -0.0000000499. The van der Waals surface area contributed by atoms with E-state index in [9.17, 15) is 35.9 Å². The van der Waals surface area contributed by atoms with Crippen LogP contribution in [0.15, 0.2) is 12.3 Å². The standard InChI is InChI=1S/C10H14O3.2CHF3O3S.5H3N.Os/c1-2-9(11)4-3-8-5-6-13-7-10(8)12;2*2-1(3,4)8(5,6)7;;;;;;/h5-6,8H,2-4,7H2,1H3;2*(H,5,6,7);5*1H3;/q;;;;;;;;+2/p-2. The summed E-state index contributed by atoms with van der Waals surface area (Å²) in [7, 11) is -12.2. The third kappa shape index (κ3) is 25.6. The number of carbonyl (C=O) groups is 2. The van der Waals surface area contributed by atoms with Gasteiger partial charge in [0.25, 0.3) is 0 Å². The van der Waals surface area contributed by atoms with E-state index in [-0.39, 0.29) is 74.6 Å². The second kappa shape index (κ2) is 22.0. The number of hydrogen-bond donors (Lipinski definition) is 5. The maximum absolute atomic E-state index is 11.2. The third-order valence-corrected chi connectivity index (χ3v) is 3.88. The maximum Gasteiger partial charge on any atom is 2.00 e. The predicted octanol–water partition coefficient (Wildman–Crippen LogP) is 2.39. The van der Waals surface area contributed by atoms with Gasteiger partial charge in [-0.15, -0.1) is 0 Å². The summed E-state index contributed by atoms with van der Waals surface area (Å²) in [6.07, 6.45) is 4.96. The molecule has 0 aromatic rings. The predicted molar refractivity (Wildman–Crippen MR) is 105 cm³/mol. The number of hydrogen-bond acceptors (Lipinski definition) is 14. The van der Waals surface area contributed by atoms with Crippen LogP contribution in [0.1, 0.15) is 26.2 Å². The van der Waals surface area contributed by atoms with Crippen LogP contribution in [0.4, 0.5) is 26.3 Å². The largest absolute Gasteiger partial charge is 2.00 e. The van der Waals surface area contributed by atoms with Crippen LogP contribution in [-0.4, -0.2) is 55.1 Å². The topological polar surface area (TPSA) is 333 Å². The van der Waals surface area contributed by atoms with Gasteiger partial charge in [0.15, 0.2) is 26.0 Å². The van der Waals surface area contributed by atoms with E-state index in [0.717, 1.165) is 0 Å². The van der Waals surface area contributed by atoms with Crippen molar-refractivity contribution in [2.75, 3.05) is 6.61 Å². The molecule has 0 aromatic heterocycles. The summed E-state index contributed by atoms with van der Waals surface area (Å²) in [6.45, 7) is 1.99. The van der Waals surface area contributed by atoms with E-state index in [0.29, 0.717) is 19.3 Å². The van der Waals surface area contributed by atoms with E-state index >= 15 is 0 Å². The van der Waals surface area contributed by atoms with Crippen molar-refractivity contribution in [2.24, 2.45) is 5.92 Å². The van der Waals surface area contributed by atoms with Crippen LogP contribution in [0, 0.1) is 5.92 Å². The first-order valence-corrected chi connectivity index (χ1v) is 9.92. The molecule has 0 radical (unpaired) electrons. The minimum absolute atomic E-state index is 0. The third-order valence-electron chi connectivity index (χ3n) is 2.74. The first-order valence-electron chi connectivity index (χ1n) is 7.11. The number of ether oxygens (including phenoxy) is 1. The van der Waals surface area contributed by atoms with Gasteiger partial charge in [0.2, 0.25) is 0 Å². The summed E-state index contributed by atoms with van der Waals surface area (Å²) in [5.74, 6) is 0.184. The van der Waals surface area contributed by atoms with Gasteiger partial charge < -0.3 is 44.6 Å². The van der Waals surface area contributed by atoms with Gasteiger partial charge in [-0.25, -0.2) is 16.8 Å². The van der Waals surface area contributed by atoms with Crippen LogP contribution in [0.2, 0.25) is 0 Å². The molecule has 0 aliphatic carbocycles. The smallest absolute Gasteiger partial charge is 0.741 e. The van der Waals surface area contributed by atoms with Gasteiger partial charge in [0.05, 0.1) is 6.26 Å². The SMILES string of the molecule is CCC(=O)CCC1C=COCC1=O.N.N.N.N.N.O=S(=O)([O-])C(F)(F)F.O=S(=O)([O-])C(F)(F)F.[Os+2]. The zero-order chi connectivity index (χ0) is 23.7. The van der Waals surface area contributed by atoms with Crippen molar-refractivity contribution in [1.29, 1.82) is 0 Å². The minimum atomic E-state index is -6.09. The van der Waals surface area contributed by atoms with Gasteiger partial charge in [-0.2, -0.15) is 26.3 Å². The van der Waals surface area contributed by atoms with Crippen LogP contribution in [0.5, 0.6) is 0 Å². The monoisotopic (exact) mass is 757 g/mol. The first kappa shape index (κ1) is 54.6. The first-order chi connectivity index (χ1) is 12.7. The Morgan fingerprint density at radius 2 is 1.26 bits per heavy atom. The van der Waals surface area contributed by atoms with Gasteiger partial charge in [0.1, 0.15) is 12.4 Å². The molecule has 1 heterocycles. The zero-order valence-corrected chi connectivity index (χ0v) is 22.4. The van der Waals surface area contributed by atoms with Crippen LogP contribution in [0.25, 0.3) is 0 Å². The Kier molecular flexibility index (Phi) is 34.2. The van der Waals surface area contributed by atoms with Crippen molar-refractivity contribution in [3.63, 3.8) is 0 Å². The molecule has 1 aliphatic heterocycles. The molecule has 0 bridgehead atoms. The molecular weight excluding hydrogens is 727 g/mol. The fourth-order valence-electron chi connectivity index (χ4n) is 1.25. The van der Waals surface area contributed by atoms with E-state index in [4.69, 9.17) is 30.7 Å². The maximum atomic E-state index is 11.2. The molecule has 218 valence electrons. The molecule has 0 saturated heterocycles. The van der Waals surface area contributed by atoms with Gasteiger partial charge >= 0.3 is 30.8 Å². The van der Waals surface area contributed by atoms with Crippen molar-refractivity contribution >= 4 is 31.8 Å². The van der Waals surface area contributed by atoms with Crippen LogP contribution < -0.4 is 30.8 Å². The molecule has 15 N–H and O–H groups in total. The Bertz CT molecular complexity index is 767. The molecule has 0 spiro atoms. The summed E-state index contributed by atoms with van der Waals surface area (Å²) in [4.78, 5) is 22.2. The van der Waals surface area contributed by atoms with Gasteiger partial charge in [-0.05, 0) is 12.5 Å². The number of ketones is 2. The fraction of sp³-hybridized carbons (Fsp3) is 0.667. The Hall–Kier alpha value is -1.28. The van der Waals surface area contributed by atoms with Crippen molar-refractivity contribution in [3.8, 4) is 0 Å². The second-order valence-corrected chi connectivity index (χ2v) is 7.69. The van der Waals surface area contributed by atoms with Crippen LogP contribution in [-0.2, 0) is 54.4 Å². The number of rotatable bonds is 4. The summed E-state index contributed by atoms with van der Waals surface area (Å²) < 4.78 is 123. The molecule has 1 rings (SSSR count).